The second kappa shape index (κ2) is 4.82. The van der Waals surface area contributed by atoms with E-state index in [0.717, 1.165) is 25.9 Å². The van der Waals surface area contributed by atoms with Crippen LogP contribution in [0.15, 0.2) is 0 Å². The molecule has 1 saturated carbocycles. The summed E-state index contributed by atoms with van der Waals surface area (Å²) in [4.78, 5) is 17.1. The third-order valence-electron chi connectivity index (χ3n) is 4.94. The van der Waals surface area contributed by atoms with Crippen molar-refractivity contribution < 1.29 is 4.79 Å². The summed E-state index contributed by atoms with van der Waals surface area (Å²) in [5.41, 5.74) is -0.190. The van der Waals surface area contributed by atoms with Crippen LogP contribution in [0.2, 0.25) is 0 Å². The molecule has 0 radical (unpaired) electrons. The molecule has 2 aliphatic heterocycles. The average Bonchev–Trinajstić information content (AvgIpc) is 3.03. The Morgan fingerprint density at radius 2 is 1.83 bits per heavy atom. The van der Waals surface area contributed by atoms with Crippen LogP contribution in [0.4, 0.5) is 0 Å². The fourth-order valence-corrected chi connectivity index (χ4v) is 3.88. The Labute approximate surface area is 110 Å². The van der Waals surface area contributed by atoms with Crippen molar-refractivity contribution in [3.63, 3.8) is 0 Å². The molecule has 2 heterocycles. The standard InChI is InChI=1S/C14H25N3O/c1-12-15-14(6-2-3-7-14)13(18)17(12)11-10-16-8-4-5-9-16/h12,15H,2-11H2,1H3. The number of hydrogen-bond donors (Lipinski definition) is 1. The van der Waals surface area contributed by atoms with Crippen LogP contribution in [-0.2, 0) is 4.79 Å². The summed E-state index contributed by atoms with van der Waals surface area (Å²) in [6.07, 6.45) is 7.35. The Morgan fingerprint density at radius 1 is 1.17 bits per heavy atom. The highest BCUT2D eigenvalue weighted by Crippen LogP contribution is 2.36. The fourth-order valence-electron chi connectivity index (χ4n) is 3.88. The van der Waals surface area contributed by atoms with E-state index in [4.69, 9.17) is 0 Å². The zero-order valence-electron chi connectivity index (χ0n) is 11.5. The van der Waals surface area contributed by atoms with Crippen LogP contribution in [0.25, 0.3) is 0 Å². The highest BCUT2D eigenvalue weighted by molar-refractivity contribution is 5.89. The van der Waals surface area contributed by atoms with Crippen molar-refractivity contribution in [2.24, 2.45) is 0 Å². The zero-order chi connectivity index (χ0) is 12.6. The Balaban J connectivity index is 1.59. The van der Waals surface area contributed by atoms with Gasteiger partial charge in [-0.25, -0.2) is 0 Å². The van der Waals surface area contributed by atoms with Crippen LogP contribution < -0.4 is 5.32 Å². The molecule has 4 heteroatoms. The smallest absolute Gasteiger partial charge is 0.244 e. The normalized spacial score (nSPS) is 31.9. The summed E-state index contributed by atoms with van der Waals surface area (Å²) >= 11 is 0. The summed E-state index contributed by atoms with van der Waals surface area (Å²) in [6, 6.07) is 0. The lowest BCUT2D eigenvalue weighted by molar-refractivity contribution is -0.133. The maximum Gasteiger partial charge on any atom is 0.244 e. The van der Waals surface area contributed by atoms with Crippen LogP contribution >= 0.6 is 0 Å². The van der Waals surface area contributed by atoms with Crippen molar-refractivity contribution >= 4 is 5.91 Å². The molecule has 1 N–H and O–H groups in total. The first-order valence-electron chi connectivity index (χ1n) is 7.52. The van der Waals surface area contributed by atoms with E-state index in [-0.39, 0.29) is 11.7 Å². The number of nitrogens with one attached hydrogen (secondary N) is 1. The number of rotatable bonds is 3. The maximum atomic E-state index is 12.6. The van der Waals surface area contributed by atoms with E-state index >= 15 is 0 Å². The average molecular weight is 251 g/mol. The molecule has 0 bridgehead atoms. The van der Waals surface area contributed by atoms with Gasteiger partial charge in [0.25, 0.3) is 0 Å². The second-order valence-corrected chi connectivity index (χ2v) is 6.16. The second-order valence-electron chi connectivity index (χ2n) is 6.16. The number of carbonyl (C=O) groups excluding carboxylic acids is 1. The van der Waals surface area contributed by atoms with Gasteiger partial charge in [-0.2, -0.15) is 0 Å². The van der Waals surface area contributed by atoms with E-state index in [9.17, 15) is 4.79 Å². The quantitative estimate of drug-likeness (QED) is 0.818. The molecular weight excluding hydrogens is 226 g/mol. The first kappa shape index (κ1) is 12.4. The largest absolute Gasteiger partial charge is 0.325 e. The topological polar surface area (TPSA) is 35.6 Å². The molecule has 1 atom stereocenters. The molecule has 0 aromatic heterocycles. The van der Waals surface area contributed by atoms with Crippen LogP contribution in [0.3, 0.4) is 0 Å². The van der Waals surface area contributed by atoms with Gasteiger partial charge in [-0.05, 0) is 45.7 Å². The molecule has 2 saturated heterocycles. The molecule has 18 heavy (non-hydrogen) atoms. The van der Waals surface area contributed by atoms with E-state index in [1.54, 1.807) is 0 Å². The third kappa shape index (κ3) is 2.05. The van der Waals surface area contributed by atoms with Crippen molar-refractivity contribution in [3.05, 3.63) is 0 Å². The van der Waals surface area contributed by atoms with Gasteiger partial charge in [0.2, 0.25) is 5.91 Å². The number of amides is 1. The molecule has 3 fully saturated rings. The van der Waals surface area contributed by atoms with Crippen molar-refractivity contribution in [1.82, 2.24) is 15.1 Å². The lowest BCUT2D eigenvalue weighted by atomic mass is 9.98. The molecule has 102 valence electrons. The first-order valence-corrected chi connectivity index (χ1v) is 7.52. The van der Waals surface area contributed by atoms with Gasteiger partial charge in [-0.1, -0.05) is 12.8 Å². The van der Waals surface area contributed by atoms with Gasteiger partial charge in [-0.15, -0.1) is 0 Å². The van der Waals surface area contributed by atoms with Crippen molar-refractivity contribution in [2.75, 3.05) is 26.2 Å². The van der Waals surface area contributed by atoms with Gasteiger partial charge in [0.1, 0.15) is 0 Å². The van der Waals surface area contributed by atoms with E-state index in [1.807, 2.05) is 0 Å². The zero-order valence-corrected chi connectivity index (χ0v) is 11.5. The molecule has 1 unspecified atom stereocenters. The van der Waals surface area contributed by atoms with E-state index < -0.39 is 0 Å². The molecule has 0 aromatic carbocycles. The molecule has 1 aliphatic carbocycles. The van der Waals surface area contributed by atoms with Gasteiger partial charge < -0.3 is 9.80 Å². The summed E-state index contributed by atoms with van der Waals surface area (Å²) in [5.74, 6) is 0.367. The molecule has 1 spiro atoms. The number of hydrogen-bond acceptors (Lipinski definition) is 3. The van der Waals surface area contributed by atoms with Gasteiger partial charge in [-0.3, -0.25) is 10.1 Å². The van der Waals surface area contributed by atoms with Crippen LogP contribution in [0.1, 0.15) is 45.4 Å². The highest BCUT2D eigenvalue weighted by Gasteiger charge is 2.50. The Morgan fingerprint density at radius 3 is 2.50 bits per heavy atom. The highest BCUT2D eigenvalue weighted by atomic mass is 16.2. The number of likely N-dealkylation sites (tertiary alicyclic amines) is 1. The Kier molecular flexibility index (Phi) is 3.32. The van der Waals surface area contributed by atoms with Crippen LogP contribution in [0.5, 0.6) is 0 Å². The molecular formula is C14H25N3O. The lowest BCUT2D eigenvalue weighted by Crippen LogP contribution is -2.44. The number of nitrogens with zero attached hydrogens (tertiary/aromatic N) is 2. The summed E-state index contributed by atoms with van der Waals surface area (Å²) in [7, 11) is 0. The predicted molar refractivity (Wildman–Crippen MR) is 71.2 cm³/mol. The molecule has 3 aliphatic rings. The fraction of sp³-hybridized carbons (Fsp3) is 0.929. The maximum absolute atomic E-state index is 12.6. The van der Waals surface area contributed by atoms with E-state index in [2.05, 4.69) is 22.0 Å². The van der Waals surface area contributed by atoms with Crippen molar-refractivity contribution in [3.8, 4) is 0 Å². The SMILES string of the molecule is CC1NC2(CCCC2)C(=O)N1CCN1CCCC1. The van der Waals surface area contributed by atoms with E-state index in [1.165, 1.54) is 38.8 Å². The molecule has 0 aromatic rings. The Hall–Kier alpha value is -0.610. The number of carbonyl (C=O) groups is 1. The molecule has 3 rings (SSSR count). The minimum absolute atomic E-state index is 0.190. The summed E-state index contributed by atoms with van der Waals surface area (Å²) in [5, 5.41) is 3.56. The van der Waals surface area contributed by atoms with Crippen molar-refractivity contribution in [1.29, 1.82) is 0 Å². The summed E-state index contributed by atoms with van der Waals surface area (Å²) in [6.45, 7) is 6.52. The molecule has 4 nitrogen and oxygen atoms in total. The van der Waals surface area contributed by atoms with Crippen LogP contribution in [-0.4, -0.2) is 53.6 Å². The predicted octanol–water partition coefficient (Wildman–Crippen LogP) is 1.17. The third-order valence-corrected chi connectivity index (χ3v) is 4.94. The van der Waals surface area contributed by atoms with Crippen molar-refractivity contribution in [2.45, 2.75) is 57.2 Å². The van der Waals surface area contributed by atoms with Gasteiger partial charge in [0.15, 0.2) is 0 Å². The van der Waals surface area contributed by atoms with Gasteiger partial charge in [0.05, 0.1) is 11.7 Å². The van der Waals surface area contributed by atoms with Gasteiger partial charge in [0, 0.05) is 13.1 Å². The van der Waals surface area contributed by atoms with Gasteiger partial charge >= 0.3 is 0 Å². The summed E-state index contributed by atoms with van der Waals surface area (Å²) < 4.78 is 0. The lowest BCUT2D eigenvalue weighted by Gasteiger charge is -2.24. The monoisotopic (exact) mass is 251 g/mol. The van der Waals surface area contributed by atoms with Crippen LogP contribution in [0, 0.1) is 0 Å². The first-order chi connectivity index (χ1) is 8.71. The minimum atomic E-state index is -0.190. The minimum Gasteiger partial charge on any atom is -0.325 e. The van der Waals surface area contributed by atoms with E-state index in [0.29, 0.717) is 5.91 Å². The molecule has 1 amide bonds. The Bertz CT molecular complexity index is 319.